The van der Waals surface area contributed by atoms with Crippen molar-refractivity contribution in [2.75, 3.05) is 6.61 Å². The lowest BCUT2D eigenvalue weighted by Gasteiger charge is -2.08. The molecule has 0 aromatic carbocycles. The summed E-state index contributed by atoms with van der Waals surface area (Å²) in [4.78, 5) is 10.5. The highest BCUT2D eigenvalue weighted by Crippen LogP contribution is 2.21. The molecule has 0 radical (unpaired) electrons. The van der Waals surface area contributed by atoms with Crippen LogP contribution in [0.5, 0.6) is 0 Å². The molecule has 0 N–H and O–H groups in total. The van der Waals surface area contributed by atoms with Crippen molar-refractivity contribution >= 4 is 5.97 Å². The summed E-state index contributed by atoms with van der Waals surface area (Å²) in [6.45, 7) is 3.66. The Kier molecular flexibility index (Phi) is 11.0. The first kappa shape index (κ1) is 18.9. The lowest BCUT2D eigenvalue weighted by atomic mass is 10.1. The number of hydrogen-bond donors (Lipinski definition) is 0. The van der Waals surface area contributed by atoms with Crippen molar-refractivity contribution in [3.05, 3.63) is 0 Å². The molecule has 0 aromatic rings. The summed E-state index contributed by atoms with van der Waals surface area (Å²) in [6, 6.07) is 0. The molecule has 116 valence electrons. The van der Waals surface area contributed by atoms with Crippen molar-refractivity contribution in [3.8, 4) is 11.8 Å². The van der Waals surface area contributed by atoms with Crippen LogP contribution < -0.4 is 0 Å². The topological polar surface area (TPSA) is 26.3 Å². The SMILES string of the molecule is CCC#CC(F)(F)CCCCCCCCCOC(C)=O. The van der Waals surface area contributed by atoms with Crippen LogP contribution in [-0.2, 0) is 9.53 Å². The molecule has 20 heavy (non-hydrogen) atoms. The zero-order valence-corrected chi connectivity index (χ0v) is 12.6. The second kappa shape index (κ2) is 11.7. The summed E-state index contributed by atoms with van der Waals surface area (Å²) in [5.41, 5.74) is 0. The van der Waals surface area contributed by atoms with Gasteiger partial charge in [-0.1, -0.05) is 44.9 Å². The third-order valence-corrected chi connectivity index (χ3v) is 2.89. The highest BCUT2D eigenvalue weighted by molar-refractivity contribution is 5.65. The number of esters is 1. The molecule has 0 aliphatic carbocycles. The van der Waals surface area contributed by atoms with E-state index in [-0.39, 0.29) is 12.4 Å². The molecule has 0 atom stereocenters. The number of hydrogen-bond acceptors (Lipinski definition) is 2. The van der Waals surface area contributed by atoms with Gasteiger partial charge in [-0.05, 0) is 18.8 Å². The molecule has 0 heterocycles. The van der Waals surface area contributed by atoms with Crippen LogP contribution >= 0.6 is 0 Å². The summed E-state index contributed by atoms with van der Waals surface area (Å²) < 4.78 is 31.2. The molecule has 0 aliphatic heterocycles. The van der Waals surface area contributed by atoms with E-state index in [0.29, 0.717) is 19.4 Å². The zero-order valence-electron chi connectivity index (χ0n) is 12.6. The zero-order chi connectivity index (χ0) is 15.3. The van der Waals surface area contributed by atoms with Crippen LogP contribution in [0.3, 0.4) is 0 Å². The first-order valence-corrected chi connectivity index (χ1v) is 7.49. The van der Waals surface area contributed by atoms with E-state index in [2.05, 4.69) is 5.92 Å². The van der Waals surface area contributed by atoms with E-state index < -0.39 is 5.92 Å². The van der Waals surface area contributed by atoms with Crippen LogP contribution in [0.2, 0.25) is 0 Å². The Morgan fingerprint density at radius 2 is 1.60 bits per heavy atom. The van der Waals surface area contributed by atoms with Gasteiger partial charge in [0, 0.05) is 19.8 Å². The molecule has 0 aliphatic rings. The Labute approximate surface area is 121 Å². The van der Waals surface area contributed by atoms with E-state index in [4.69, 9.17) is 4.74 Å². The quantitative estimate of drug-likeness (QED) is 0.330. The molecule has 4 heteroatoms. The molecule has 0 amide bonds. The number of rotatable bonds is 10. The second-order valence-corrected chi connectivity index (χ2v) is 4.92. The van der Waals surface area contributed by atoms with E-state index in [1.165, 1.54) is 6.92 Å². The van der Waals surface area contributed by atoms with E-state index >= 15 is 0 Å². The predicted molar refractivity (Wildman–Crippen MR) is 76.6 cm³/mol. The highest BCUT2D eigenvalue weighted by atomic mass is 19.3. The predicted octanol–water partition coefficient (Wildman–Crippen LogP) is 4.72. The maximum Gasteiger partial charge on any atom is 0.308 e. The standard InChI is InChI=1S/C16H26F2O2/c1-3-4-12-16(17,18)13-10-8-6-5-7-9-11-14-20-15(2)19/h3,5-11,13-14H2,1-2H3. The number of unbranched alkanes of at least 4 members (excludes halogenated alkanes) is 6. The lowest BCUT2D eigenvalue weighted by Crippen LogP contribution is -2.12. The van der Waals surface area contributed by atoms with Crippen LogP contribution in [0.25, 0.3) is 0 Å². The molecule has 0 rings (SSSR count). The summed E-state index contributed by atoms with van der Waals surface area (Å²) >= 11 is 0. The van der Waals surface area contributed by atoms with Gasteiger partial charge >= 0.3 is 11.9 Å². The first-order valence-electron chi connectivity index (χ1n) is 7.49. The van der Waals surface area contributed by atoms with Crippen molar-refractivity contribution in [3.63, 3.8) is 0 Å². The molecule has 0 fully saturated rings. The van der Waals surface area contributed by atoms with Gasteiger partial charge in [0.1, 0.15) is 0 Å². The smallest absolute Gasteiger partial charge is 0.308 e. The van der Waals surface area contributed by atoms with Crippen molar-refractivity contribution in [1.29, 1.82) is 0 Å². The molecule has 0 unspecified atom stereocenters. The molecular formula is C16H26F2O2. The molecule has 2 nitrogen and oxygen atoms in total. The van der Waals surface area contributed by atoms with Gasteiger partial charge in [0.05, 0.1) is 6.61 Å². The maximum absolute atomic E-state index is 13.2. The summed E-state index contributed by atoms with van der Waals surface area (Å²) in [5.74, 6) is 1.40. The van der Waals surface area contributed by atoms with Gasteiger partial charge in [0.15, 0.2) is 0 Å². The normalized spacial score (nSPS) is 10.8. The Morgan fingerprint density at radius 1 is 1.05 bits per heavy atom. The van der Waals surface area contributed by atoms with Crippen molar-refractivity contribution in [2.24, 2.45) is 0 Å². The van der Waals surface area contributed by atoms with E-state index in [9.17, 15) is 13.6 Å². The fraction of sp³-hybridized carbons (Fsp3) is 0.812. The van der Waals surface area contributed by atoms with Crippen molar-refractivity contribution in [2.45, 2.75) is 77.6 Å². The van der Waals surface area contributed by atoms with E-state index in [1.54, 1.807) is 6.92 Å². The number of alkyl halides is 2. The second-order valence-electron chi connectivity index (χ2n) is 4.92. The van der Waals surface area contributed by atoms with E-state index in [0.717, 1.165) is 38.5 Å². The lowest BCUT2D eigenvalue weighted by molar-refractivity contribution is -0.141. The number of carbonyl (C=O) groups is 1. The molecule has 0 spiro atoms. The van der Waals surface area contributed by atoms with Crippen LogP contribution in [-0.4, -0.2) is 18.5 Å². The average Bonchev–Trinajstić information content (AvgIpc) is 2.38. The fourth-order valence-electron chi connectivity index (χ4n) is 1.83. The molecule has 0 saturated carbocycles. The van der Waals surface area contributed by atoms with Gasteiger partial charge in [-0.25, -0.2) is 0 Å². The monoisotopic (exact) mass is 288 g/mol. The molecule has 0 bridgehead atoms. The first-order chi connectivity index (χ1) is 9.48. The van der Waals surface area contributed by atoms with Gasteiger partial charge in [0.25, 0.3) is 0 Å². The Bertz CT molecular complexity index is 316. The van der Waals surface area contributed by atoms with Crippen molar-refractivity contribution < 1.29 is 18.3 Å². The van der Waals surface area contributed by atoms with Gasteiger partial charge in [-0.3, -0.25) is 4.79 Å². The van der Waals surface area contributed by atoms with Crippen LogP contribution in [0.15, 0.2) is 0 Å². The van der Waals surface area contributed by atoms with Gasteiger partial charge in [-0.2, -0.15) is 8.78 Å². The minimum Gasteiger partial charge on any atom is -0.466 e. The Morgan fingerprint density at radius 3 is 2.15 bits per heavy atom. The summed E-state index contributed by atoms with van der Waals surface area (Å²) in [5, 5.41) is 0. The van der Waals surface area contributed by atoms with Crippen LogP contribution in [0.4, 0.5) is 8.78 Å². The molecule has 0 saturated heterocycles. The molecule has 0 aromatic heterocycles. The fourth-order valence-corrected chi connectivity index (χ4v) is 1.83. The van der Waals surface area contributed by atoms with Crippen LogP contribution in [0.1, 0.15) is 71.6 Å². The van der Waals surface area contributed by atoms with Gasteiger partial charge < -0.3 is 4.74 Å². The Hall–Kier alpha value is -1.11. The third-order valence-electron chi connectivity index (χ3n) is 2.89. The maximum atomic E-state index is 13.2. The Balaban J connectivity index is 3.34. The summed E-state index contributed by atoms with van der Waals surface area (Å²) in [6.07, 6.45) is 6.68. The number of halogens is 2. The minimum absolute atomic E-state index is 0.132. The third kappa shape index (κ3) is 13.3. The van der Waals surface area contributed by atoms with Gasteiger partial charge in [-0.15, -0.1) is 0 Å². The largest absolute Gasteiger partial charge is 0.466 e. The van der Waals surface area contributed by atoms with E-state index in [1.807, 2.05) is 5.92 Å². The minimum atomic E-state index is -2.82. The highest BCUT2D eigenvalue weighted by Gasteiger charge is 2.24. The van der Waals surface area contributed by atoms with Crippen LogP contribution in [0, 0.1) is 11.8 Å². The van der Waals surface area contributed by atoms with Crippen molar-refractivity contribution in [1.82, 2.24) is 0 Å². The molecular weight excluding hydrogens is 262 g/mol. The number of carbonyl (C=O) groups excluding carboxylic acids is 1. The number of ether oxygens (including phenoxy) is 1. The average molecular weight is 288 g/mol. The summed E-state index contributed by atoms with van der Waals surface area (Å²) in [7, 11) is 0. The van der Waals surface area contributed by atoms with Gasteiger partial charge in [0.2, 0.25) is 0 Å².